The second kappa shape index (κ2) is 10.3. The summed E-state index contributed by atoms with van der Waals surface area (Å²) < 4.78 is 3.95. The van der Waals surface area contributed by atoms with Crippen LogP contribution < -0.4 is 5.32 Å². The zero-order chi connectivity index (χ0) is 26.1. The number of amides is 1. The van der Waals surface area contributed by atoms with Crippen molar-refractivity contribution in [2.45, 2.75) is 18.2 Å². The lowest BCUT2D eigenvalue weighted by molar-refractivity contribution is 0.0940. The van der Waals surface area contributed by atoms with Gasteiger partial charge in [-0.05, 0) is 22.0 Å². The minimum atomic E-state index is -0.443. The summed E-state index contributed by atoms with van der Waals surface area (Å²) >= 11 is 5.05. The number of thioether (sulfide) groups is 1. The zero-order valence-corrected chi connectivity index (χ0v) is 22.3. The second-order valence-corrected chi connectivity index (χ2v) is 10.5. The molecule has 0 radical (unpaired) electrons. The van der Waals surface area contributed by atoms with Crippen molar-refractivity contribution in [3.8, 4) is 22.5 Å². The van der Waals surface area contributed by atoms with E-state index < -0.39 is 11.8 Å². The van der Waals surface area contributed by atoms with Crippen LogP contribution in [0.1, 0.15) is 26.5 Å². The molecule has 0 saturated carbocycles. The first-order chi connectivity index (χ1) is 18.6. The molecule has 38 heavy (non-hydrogen) atoms. The van der Waals surface area contributed by atoms with Crippen LogP contribution in [0.4, 0.5) is 0 Å². The number of hydrogen-bond donors (Lipinski definition) is 1. The number of fused-ring (bicyclic) bond motifs is 1. The fourth-order valence-corrected chi connectivity index (χ4v) is 5.70. The van der Waals surface area contributed by atoms with Crippen molar-refractivity contribution in [1.29, 1.82) is 0 Å². The lowest BCUT2D eigenvalue weighted by atomic mass is 10.1. The van der Waals surface area contributed by atoms with Crippen LogP contribution in [0.2, 0.25) is 0 Å². The number of nitrogens with zero attached hydrogens (tertiary/aromatic N) is 6. The SMILES string of the molecule is O=C(NCc1c(-c2ccccc2)nc2n1CCS2)c1nnn(C(=O)c2cncc(Br)c2)c1-c1ccccc1. The number of pyridine rings is 1. The molecule has 5 aromatic rings. The highest BCUT2D eigenvalue weighted by atomic mass is 79.9. The van der Waals surface area contributed by atoms with Gasteiger partial charge in [0, 0.05) is 40.3 Å². The van der Waals surface area contributed by atoms with Crippen LogP contribution in [0, 0.1) is 0 Å². The third-order valence-corrected chi connectivity index (χ3v) is 7.51. The minimum absolute atomic E-state index is 0.0595. The number of imidazole rings is 1. The van der Waals surface area contributed by atoms with Crippen molar-refractivity contribution < 1.29 is 9.59 Å². The molecule has 1 amide bonds. The summed E-state index contributed by atoms with van der Waals surface area (Å²) in [7, 11) is 0. The number of hydrogen-bond acceptors (Lipinski definition) is 7. The number of aromatic nitrogens is 6. The van der Waals surface area contributed by atoms with Crippen molar-refractivity contribution in [2.75, 3.05) is 5.75 Å². The summed E-state index contributed by atoms with van der Waals surface area (Å²) in [6, 6.07) is 20.7. The van der Waals surface area contributed by atoms with E-state index in [1.165, 1.54) is 6.20 Å². The summed E-state index contributed by atoms with van der Waals surface area (Å²) in [5.41, 5.74) is 4.09. The first-order valence-electron chi connectivity index (χ1n) is 11.8. The first-order valence-corrected chi connectivity index (χ1v) is 13.6. The number of benzene rings is 2. The molecule has 2 aromatic carbocycles. The maximum absolute atomic E-state index is 13.5. The quantitative estimate of drug-likeness (QED) is 0.308. The highest BCUT2D eigenvalue weighted by Gasteiger charge is 2.27. The highest BCUT2D eigenvalue weighted by molar-refractivity contribution is 9.10. The van der Waals surface area contributed by atoms with Gasteiger partial charge in [0.1, 0.15) is 5.69 Å². The van der Waals surface area contributed by atoms with E-state index in [2.05, 4.69) is 41.1 Å². The lowest BCUT2D eigenvalue weighted by Gasteiger charge is -2.10. The molecule has 0 aliphatic carbocycles. The molecule has 0 spiro atoms. The second-order valence-electron chi connectivity index (χ2n) is 8.50. The van der Waals surface area contributed by atoms with Crippen LogP contribution in [0.3, 0.4) is 0 Å². The summed E-state index contributed by atoms with van der Waals surface area (Å²) in [4.78, 5) is 35.8. The molecule has 1 aliphatic rings. The van der Waals surface area contributed by atoms with Gasteiger partial charge in [0.25, 0.3) is 11.8 Å². The van der Waals surface area contributed by atoms with Gasteiger partial charge in [0.05, 0.1) is 23.5 Å². The average Bonchev–Trinajstić information content (AvgIpc) is 3.67. The minimum Gasteiger partial charge on any atom is -0.345 e. The molecule has 0 unspecified atom stereocenters. The Morgan fingerprint density at radius 2 is 1.74 bits per heavy atom. The molecule has 3 aromatic heterocycles. The van der Waals surface area contributed by atoms with Gasteiger partial charge >= 0.3 is 0 Å². The van der Waals surface area contributed by atoms with E-state index in [4.69, 9.17) is 4.98 Å². The van der Waals surface area contributed by atoms with Gasteiger partial charge in [-0.3, -0.25) is 14.6 Å². The Labute approximate surface area is 230 Å². The summed E-state index contributed by atoms with van der Waals surface area (Å²) in [6.07, 6.45) is 3.04. The van der Waals surface area contributed by atoms with Gasteiger partial charge in [-0.2, -0.15) is 4.68 Å². The van der Waals surface area contributed by atoms with Gasteiger partial charge in [-0.15, -0.1) is 5.10 Å². The predicted octanol–water partition coefficient (Wildman–Crippen LogP) is 4.69. The van der Waals surface area contributed by atoms with Crippen molar-refractivity contribution >= 4 is 39.5 Å². The Morgan fingerprint density at radius 1 is 1.00 bits per heavy atom. The molecule has 0 fully saturated rings. The molecule has 1 aliphatic heterocycles. The number of halogens is 1. The van der Waals surface area contributed by atoms with Crippen molar-refractivity contribution in [3.63, 3.8) is 0 Å². The van der Waals surface area contributed by atoms with Gasteiger partial charge in [-0.1, -0.05) is 77.6 Å². The third-order valence-electron chi connectivity index (χ3n) is 6.12. The van der Waals surface area contributed by atoms with Crippen LogP contribution in [0.5, 0.6) is 0 Å². The van der Waals surface area contributed by atoms with Crippen molar-refractivity contribution in [3.05, 3.63) is 101 Å². The van der Waals surface area contributed by atoms with E-state index in [0.717, 1.165) is 39.1 Å². The highest BCUT2D eigenvalue weighted by Crippen LogP contribution is 2.33. The third kappa shape index (κ3) is 4.54. The van der Waals surface area contributed by atoms with Crippen LogP contribution >= 0.6 is 27.7 Å². The van der Waals surface area contributed by atoms with E-state index in [1.54, 1.807) is 24.0 Å². The number of carbonyl (C=O) groups excluding carboxylic acids is 2. The molecular weight excluding hydrogens is 566 g/mol. The number of nitrogens with one attached hydrogen (secondary N) is 1. The molecule has 0 bridgehead atoms. The summed E-state index contributed by atoms with van der Waals surface area (Å²) in [6.45, 7) is 1.08. The van der Waals surface area contributed by atoms with E-state index in [0.29, 0.717) is 21.3 Å². The summed E-state index contributed by atoms with van der Waals surface area (Å²) in [5, 5.41) is 12.2. The molecule has 6 rings (SSSR count). The van der Waals surface area contributed by atoms with Gasteiger partial charge in [-0.25, -0.2) is 4.98 Å². The van der Waals surface area contributed by atoms with E-state index in [1.807, 2.05) is 60.7 Å². The molecule has 0 atom stereocenters. The van der Waals surface area contributed by atoms with Crippen LogP contribution in [0.15, 0.2) is 88.8 Å². The predicted molar refractivity (Wildman–Crippen MR) is 147 cm³/mol. The zero-order valence-electron chi connectivity index (χ0n) is 19.9. The molecule has 188 valence electrons. The largest absolute Gasteiger partial charge is 0.345 e. The number of carbonyl (C=O) groups is 2. The maximum atomic E-state index is 13.5. The van der Waals surface area contributed by atoms with E-state index >= 15 is 0 Å². The van der Waals surface area contributed by atoms with Crippen molar-refractivity contribution in [1.82, 2.24) is 34.8 Å². The molecule has 0 saturated heterocycles. The summed E-state index contributed by atoms with van der Waals surface area (Å²) in [5.74, 6) is 0.0638. The lowest BCUT2D eigenvalue weighted by Crippen LogP contribution is -2.26. The van der Waals surface area contributed by atoms with E-state index in [9.17, 15) is 9.59 Å². The molecule has 9 nitrogen and oxygen atoms in total. The van der Waals surface area contributed by atoms with Crippen molar-refractivity contribution in [2.24, 2.45) is 0 Å². The molecule has 1 N–H and O–H groups in total. The fourth-order valence-electron chi connectivity index (χ4n) is 4.37. The Bertz CT molecular complexity index is 1650. The first kappa shape index (κ1) is 24.3. The standard InChI is InChI=1S/C27H20BrN7O2S/c28-20-13-19(14-29-15-20)26(37)35-24(18-9-5-2-6-10-18)23(32-33-35)25(36)30-16-21-22(17-7-3-1-4-8-17)31-27-34(21)11-12-38-27/h1-10,13-15H,11-12,16H2,(H,30,36). The topological polar surface area (TPSA) is 108 Å². The fraction of sp³-hybridized carbons (Fsp3) is 0.111. The van der Waals surface area contributed by atoms with Gasteiger partial charge < -0.3 is 9.88 Å². The number of rotatable bonds is 6. The van der Waals surface area contributed by atoms with Crippen LogP contribution in [0.25, 0.3) is 22.5 Å². The molecule has 11 heteroatoms. The monoisotopic (exact) mass is 585 g/mol. The normalized spacial score (nSPS) is 12.3. The van der Waals surface area contributed by atoms with Crippen LogP contribution in [-0.4, -0.2) is 47.1 Å². The smallest absolute Gasteiger partial charge is 0.281 e. The van der Waals surface area contributed by atoms with Crippen LogP contribution in [-0.2, 0) is 13.1 Å². The Hall–Kier alpha value is -4.09. The maximum Gasteiger partial charge on any atom is 0.281 e. The Balaban J connectivity index is 1.34. The Kier molecular flexibility index (Phi) is 6.61. The molecule has 4 heterocycles. The van der Waals surface area contributed by atoms with E-state index in [-0.39, 0.29) is 12.2 Å². The Morgan fingerprint density at radius 3 is 2.47 bits per heavy atom. The molecular formula is C27H20BrN7O2S. The average molecular weight is 586 g/mol. The van der Waals surface area contributed by atoms with Gasteiger partial charge in [0.15, 0.2) is 10.9 Å². The van der Waals surface area contributed by atoms with Gasteiger partial charge in [0.2, 0.25) is 0 Å².